The molecule has 0 radical (unpaired) electrons. The Morgan fingerprint density at radius 2 is 1.88 bits per heavy atom. The van der Waals surface area contributed by atoms with Gasteiger partial charge < -0.3 is 14.9 Å². The Hall–Kier alpha value is -1.06. The molecule has 2 rings (SSSR count). The average molecular weight is 234 g/mol. The molecule has 1 aromatic rings. The lowest BCUT2D eigenvalue weighted by Gasteiger charge is -2.39. The quantitative estimate of drug-likeness (QED) is 0.846. The number of aliphatic hydroxyl groups is 1. The highest BCUT2D eigenvalue weighted by atomic mass is 16.3. The number of benzene rings is 1. The summed E-state index contributed by atoms with van der Waals surface area (Å²) in [5.41, 5.74) is 2.24. The van der Waals surface area contributed by atoms with E-state index >= 15 is 0 Å². The normalized spacial score (nSPS) is 23.8. The number of piperazine rings is 1. The highest BCUT2D eigenvalue weighted by molar-refractivity contribution is 5.49. The molecule has 17 heavy (non-hydrogen) atoms. The molecule has 0 saturated carbocycles. The van der Waals surface area contributed by atoms with Gasteiger partial charge in [0.15, 0.2) is 0 Å². The molecule has 0 bridgehead atoms. The fourth-order valence-electron chi connectivity index (χ4n) is 2.47. The van der Waals surface area contributed by atoms with E-state index < -0.39 is 0 Å². The van der Waals surface area contributed by atoms with Crippen molar-refractivity contribution in [1.29, 1.82) is 0 Å². The minimum atomic E-state index is -0.381. The van der Waals surface area contributed by atoms with Crippen LogP contribution in [0.2, 0.25) is 0 Å². The van der Waals surface area contributed by atoms with Crippen LogP contribution in [0.15, 0.2) is 24.3 Å². The first-order valence-electron chi connectivity index (χ1n) is 6.31. The van der Waals surface area contributed by atoms with Gasteiger partial charge in [0.2, 0.25) is 0 Å². The van der Waals surface area contributed by atoms with Gasteiger partial charge in [-0.05, 0) is 38.6 Å². The van der Waals surface area contributed by atoms with E-state index in [0.717, 1.165) is 25.2 Å². The van der Waals surface area contributed by atoms with Crippen LogP contribution < -0.4 is 4.90 Å². The van der Waals surface area contributed by atoms with E-state index in [9.17, 15) is 5.11 Å². The largest absolute Gasteiger partial charge is 0.389 e. The fraction of sp³-hybridized carbons (Fsp3) is 0.571. The van der Waals surface area contributed by atoms with E-state index in [4.69, 9.17) is 0 Å². The minimum absolute atomic E-state index is 0.381. The summed E-state index contributed by atoms with van der Waals surface area (Å²) in [7, 11) is 2.17. The summed E-state index contributed by atoms with van der Waals surface area (Å²) < 4.78 is 0. The number of rotatable bonds is 2. The molecule has 1 fully saturated rings. The van der Waals surface area contributed by atoms with E-state index in [1.54, 1.807) is 6.92 Å². The molecule has 1 heterocycles. The number of likely N-dealkylation sites (N-methyl/N-ethyl adjacent to an activating group) is 1. The molecule has 0 amide bonds. The maximum atomic E-state index is 9.49. The zero-order valence-electron chi connectivity index (χ0n) is 10.9. The van der Waals surface area contributed by atoms with Crippen LogP contribution in [0.25, 0.3) is 0 Å². The third-order valence-corrected chi connectivity index (χ3v) is 3.54. The molecular weight excluding hydrogens is 212 g/mol. The Morgan fingerprint density at radius 3 is 2.41 bits per heavy atom. The van der Waals surface area contributed by atoms with Gasteiger partial charge >= 0.3 is 0 Å². The second kappa shape index (κ2) is 5.07. The van der Waals surface area contributed by atoms with Crippen LogP contribution in [0.3, 0.4) is 0 Å². The van der Waals surface area contributed by atoms with E-state index in [-0.39, 0.29) is 6.10 Å². The number of hydrogen-bond acceptors (Lipinski definition) is 3. The number of aliphatic hydroxyl groups excluding tert-OH is 1. The van der Waals surface area contributed by atoms with Crippen molar-refractivity contribution in [3.63, 3.8) is 0 Å². The van der Waals surface area contributed by atoms with Gasteiger partial charge in [0, 0.05) is 31.4 Å². The Kier molecular flexibility index (Phi) is 3.69. The summed E-state index contributed by atoms with van der Waals surface area (Å²) in [5, 5.41) is 9.49. The molecule has 3 nitrogen and oxygen atoms in total. The van der Waals surface area contributed by atoms with Crippen LogP contribution in [0.5, 0.6) is 0 Å². The Labute approximate surface area is 104 Å². The van der Waals surface area contributed by atoms with Crippen LogP contribution in [-0.4, -0.2) is 42.7 Å². The monoisotopic (exact) mass is 234 g/mol. The SMILES string of the molecule is CC1CN(C)CCN1c1ccc([C@@H](C)O)cc1. The Morgan fingerprint density at radius 1 is 1.24 bits per heavy atom. The first-order chi connectivity index (χ1) is 8.08. The van der Waals surface area contributed by atoms with Crippen molar-refractivity contribution in [3.8, 4) is 0 Å². The van der Waals surface area contributed by atoms with Crippen LogP contribution >= 0.6 is 0 Å². The van der Waals surface area contributed by atoms with Gasteiger partial charge in [-0.3, -0.25) is 0 Å². The molecule has 1 unspecified atom stereocenters. The second-order valence-electron chi connectivity index (χ2n) is 5.07. The van der Waals surface area contributed by atoms with Gasteiger partial charge in [-0.15, -0.1) is 0 Å². The summed E-state index contributed by atoms with van der Waals surface area (Å²) in [5.74, 6) is 0. The van der Waals surface area contributed by atoms with Crippen molar-refractivity contribution in [1.82, 2.24) is 4.90 Å². The summed E-state index contributed by atoms with van der Waals surface area (Å²) in [6, 6.07) is 8.82. The number of anilines is 1. The standard InChI is InChI=1S/C14H22N2O/c1-11-10-15(3)8-9-16(11)14-6-4-13(5-7-14)12(2)17/h4-7,11-12,17H,8-10H2,1-3H3/t11?,12-/m1/s1. The highest BCUT2D eigenvalue weighted by Crippen LogP contribution is 2.22. The van der Waals surface area contributed by atoms with E-state index in [1.165, 1.54) is 5.69 Å². The van der Waals surface area contributed by atoms with E-state index in [0.29, 0.717) is 6.04 Å². The lowest BCUT2D eigenvalue weighted by atomic mass is 10.1. The van der Waals surface area contributed by atoms with Gasteiger partial charge in [-0.25, -0.2) is 0 Å². The van der Waals surface area contributed by atoms with Crippen molar-refractivity contribution in [2.45, 2.75) is 26.0 Å². The van der Waals surface area contributed by atoms with Crippen LogP contribution in [0, 0.1) is 0 Å². The van der Waals surface area contributed by atoms with Crippen LogP contribution in [0.4, 0.5) is 5.69 Å². The molecule has 94 valence electrons. The molecular formula is C14H22N2O. The molecule has 1 aromatic carbocycles. The molecule has 0 aliphatic carbocycles. The molecule has 2 atom stereocenters. The van der Waals surface area contributed by atoms with E-state index in [1.807, 2.05) is 12.1 Å². The van der Waals surface area contributed by atoms with Crippen molar-refractivity contribution >= 4 is 5.69 Å². The zero-order valence-corrected chi connectivity index (χ0v) is 10.9. The third-order valence-electron chi connectivity index (χ3n) is 3.54. The number of nitrogens with zero attached hydrogens (tertiary/aromatic N) is 2. The van der Waals surface area contributed by atoms with Crippen LogP contribution in [0.1, 0.15) is 25.5 Å². The molecule has 3 heteroatoms. The smallest absolute Gasteiger partial charge is 0.0761 e. The average Bonchev–Trinajstić information content (AvgIpc) is 2.29. The van der Waals surface area contributed by atoms with Crippen LogP contribution in [-0.2, 0) is 0 Å². The maximum Gasteiger partial charge on any atom is 0.0761 e. The molecule has 0 spiro atoms. The number of hydrogen-bond donors (Lipinski definition) is 1. The van der Waals surface area contributed by atoms with Crippen molar-refractivity contribution in [3.05, 3.63) is 29.8 Å². The minimum Gasteiger partial charge on any atom is -0.389 e. The predicted molar refractivity (Wildman–Crippen MR) is 71.4 cm³/mol. The molecule has 1 saturated heterocycles. The van der Waals surface area contributed by atoms with Gasteiger partial charge in [0.1, 0.15) is 0 Å². The molecule has 1 aliphatic heterocycles. The fourth-order valence-corrected chi connectivity index (χ4v) is 2.47. The van der Waals surface area contributed by atoms with Crippen molar-refractivity contribution in [2.75, 3.05) is 31.6 Å². The molecule has 1 aliphatic rings. The Balaban J connectivity index is 2.11. The summed E-state index contributed by atoms with van der Waals surface area (Å²) in [6.07, 6.45) is -0.381. The Bertz CT molecular complexity index is 361. The predicted octanol–water partition coefficient (Wildman–Crippen LogP) is 1.88. The lowest BCUT2D eigenvalue weighted by molar-refractivity contribution is 0.199. The highest BCUT2D eigenvalue weighted by Gasteiger charge is 2.21. The van der Waals surface area contributed by atoms with Gasteiger partial charge in [0.25, 0.3) is 0 Å². The summed E-state index contributed by atoms with van der Waals surface area (Å²) >= 11 is 0. The lowest BCUT2D eigenvalue weighted by Crippen LogP contribution is -2.50. The van der Waals surface area contributed by atoms with E-state index in [2.05, 4.69) is 35.9 Å². The summed E-state index contributed by atoms with van der Waals surface area (Å²) in [6.45, 7) is 7.36. The first-order valence-corrected chi connectivity index (χ1v) is 6.31. The van der Waals surface area contributed by atoms with Gasteiger partial charge in [-0.2, -0.15) is 0 Å². The second-order valence-corrected chi connectivity index (χ2v) is 5.07. The van der Waals surface area contributed by atoms with Gasteiger partial charge in [-0.1, -0.05) is 12.1 Å². The molecule has 0 aromatic heterocycles. The van der Waals surface area contributed by atoms with Crippen molar-refractivity contribution < 1.29 is 5.11 Å². The van der Waals surface area contributed by atoms with Gasteiger partial charge in [0.05, 0.1) is 6.10 Å². The topological polar surface area (TPSA) is 26.7 Å². The molecule has 1 N–H and O–H groups in total. The summed E-state index contributed by atoms with van der Waals surface area (Å²) in [4.78, 5) is 4.80. The zero-order chi connectivity index (χ0) is 12.4. The maximum absolute atomic E-state index is 9.49. The third kappa shape index (κ3) is 2.79. The first kappa shape index (κ1) is 12.4. The van der Waals surface area contributed by atoms with Crippen molar-refractivity contribution in [2.24, 2.45) is 0 Å².